The first kappa shape index (κ1) is 13.5. The van der Waals surface area contributed by atoms with Crippen molar-refractivity contribution in [3.8, 4) is 0 Å². The number of halogens is 1. The van der Waals surface area contributed by atoms with E-state index in [2.05, 4.69) is 5.32 Å². The van der Waals surface area contributed by atoms with Crippen molar-refractivity contribution in [3.63, 3.8) is 0 Å². The number of ether oxygens (including phenoxy) is 1. The lowest BCUT2D eigenvalue weighted by molar-refractivity contribution is -0.131. The number of hydrogen-bond donors (Lipinski definition) is 1. The number of nitrogens with one attached hydrogen (secondary N) is 1. The molecule has 1 aliphatic heterocycles. The maximum atomic E-state index is 13.4. The molecule has 0 bridgehead atoms. The van der Waals surface area contributed by atoms with E-state index in [1.165, 1.54) is 12.1 Å². The minimum atomic E-state index is -0.385. The topological polar surface area (TPSA) is 41.6 Å². The molecule has 1 atom stereocenters. The molecule has 1 heterocycles. The van der Waals surface area contributed by atoms with Gasteiger partial charge >= 0.3 is 0 Å². The van der Waals surface area contributed by atoms with Gasteiger partial charge in [-0.1, -0.05) is 12.1 Å². The molecule has 108 valence electrons. The van der Waals surface area contributed by atoms with Crippen molar-refractivity contribution in [1.82, 2.24) is 10.2 Å². The number of methoxy groups -OCH3 is 1. The van der Waals surface area contributed by atoms with Crippen molar-refractivity contribution in [2.24, 2.45) is 0 Å². The highest BCUT2D eigenvalue weighted by Crippen LogP contribution is 2.45. The fourth-order valence-corrected chi connectivity index (χ4v) is 2.83. The van der Waals surface area contributed by atoms with Crippen molar-refractivity contribution >= 4 is 5.91 Å². The number of amides is 1. The first-order valence-corrected chi connectivity index (χ1v) is 6.99. The van der Waals surface area contributed by atoms with Gasteiger partial charge in [0.1, 0.15) is 17.5 Å². The van der Waals surface area contributed by atoms with Crippen molar-refractivity contribution in [2.45, 2.75) is 31.0 Å². The number of hydrogen-bond acceptors (Lipinski definition) is 3. The van der Waals surface area contributed by atoms with Crippen LogP contribution in [0.2, 0.25) is 0 Å². The summed E-state index contributed by atoms with van der Waals surface area (Å²) in [6.07, 6.45) is 2.31. The summed E-state index contributed by atoms with van der Waals surface area (Å²) in [4.78, 5) is 14.3. The summed E-state index contributed by atoms with van der Waals surface area (Å²) in [5, 5.41) is 3.38. The van der Waals surface area contributed by atoms with E-state index in [-0.39, 0.29) is 23.4 Å². The van der Waals surface area contributed by atoms with Crippen molar-refractivity contribution in [3.05, 3.63) is 35.6 Å². The molecule has 1 spiro atoms. The standard InChI is InChI=1S/C15H19FN2O2/c1-20-9-3-8-18-13(11-4-2-5-12(16)10-11)17-15(6-7-15)14(18)19/h2,4-5,10,13,17H,3,6-9H2,1H3. The second kappa shape index (κ2) is 5.14. The molecule has 5 heteroatoms. The van der Waals surface area contributed by atoms with Crippen molar-refractivity contribution in [2.75, 3.05) is 20.3 Å². The summed E-state index contributed by atoms with van der Waals surface area (Å²) in [5.74, 6) is -0.131. The molecule has 2 aliphatic rings. The number of carbonyl (C=O) groups excluding carboxylic acids is 1. The normalized spacial score (nSPS) is 23.6. The van der Waals surface area contributed by atoms with Crippen molar-refractivity contribution in [1.29, 1.82) is 0 Å². The van der Waals surface area contributed by atoms with Crippen LogP contribution in [0, 0.1) is 5.82 Å². The highest BCUT2D eigenvalue weighted by molar-refractivity contribution is 5.92. The van der Waals surface area contributed by atoms with E-state index in [1.807, 2.05) is 11.0 Å². The Kier molecular flexibility index (Phi) is 3.48. The third-order valence-corrected chi connectivity index (χ3v) is 4.06. The van der Waals surface area contributed by atoms with Crippen LogP contribution < -0.4 is 5.32 Å². The van der Waals surface area contributed by atoms with Gasteiger partial charge in [0.05, 0.1) is 0 Å². The van der Waals surface area contributed by atoms with Crippen LogP contribution in [0.25, 0.3) is 0 Å². The zero-order valence-corrected chi connectivity index (χ0v) is 11.6. The molecule has 1 amide bonds. The predicted octanol–water partition coefficient (Wildman–Crippen LogP) is 1.83. The molecule has 1 aliphatic carbocycles. The Morgan fingerprint density at radius 1 is 1.50 bits per heavy atom. The molecule has 1 aromatic rings. The third-order valence-electron chi connectivity index (χ3n) is 4.06. The Morgan fingerprint density at radius 3 is 2.95 bits per heavy atom. The molecule has 1 unspecified atom stereocenters. The molecule has 0 aromatic heterocycles. The Labute approximate surface area is 117 Å². The summed E-state index contributed by atoms with van der Waals surface area (Å²) in [6, 6.07) is 6.46. The van der Waals surface area contributed by atoms with Gasteiger partial charge in [0, 0.05) is 20.3 Å². The number of nitrogens with zero attached hydrogens (tertiary/aromatic N) is 1. The summed E-state index contributed by atoms with van der Waals surface area (Å²) in [6.45, 7) is 1.25. The summed E-state index contributed by atoms with van der Waals surface area (Å²) in [7, 11) is 1.65. The largest absolute Gasteiger partial charge is 0.385 e. The molecule has 20 heavy (non-hydrogen) atoms. The first-order valence-electron chi connectivity index (χ1n) is 6.99. The van der Waals surface area contributed by atoms with E-state index in [1.54, 1.807) is 13.2 Å². The van der Waals surface area contributed by atoms with Gasteiger partial charge in [-0.3, -0.25) is 10.1 Å². The second-order valence-corrected chi connectivity index (χ2v) is 5.53. The maximum Gasteiger partial charge on any atom is 0.244 e. The lowest BCUT2D eigenvalue weighted by Gasteiger charge is -2.24. The Balaban J connectivity index is 1.81. The fourth-order valence-electron chi connectivity index (χ4n) is 2.83. The molecular formula is C15H19FN2O2. The van der Waals surface area contributed by atoms with Crippen LogP contribution in [-0.4, -0.2) is 36.6 Å². The zero-order valence-electron chi connectivity index (χ0n) is 11.6. The van der Waals surface area contributed by atoms with E-state index in [4.69, 9.17) is 4.74 Å². The first-order chi connectivity index (χ1) is 9.66. The minimum Gasteiger partial charge on any atom is -0.385 e. The van der Waals surface area contributed by atoms with Gasteiger partial charge in [0.15, 0.2) is 0 Å². The van der Waals surface area contributed by atoms with Crippen LogP contribution in [-0.2, 0) is 9.53 Å². The Hall–Kier alpha value is -1.46. The van der Waals surface area contributed by atoms with Crippen LogP contribution in [0.5, 0.6) is 0 Å². The molecule has 4 nitrogen and oxygen atoms in total. The van der Waals surface area contributed by atoms with E-state index in [0.717, 1.165) is 24.8 Å². The van der Waals surface area contributed by atoms with Gasteiger partial charge in [-0.15, -0.1) is 0 Å². The molecule has 3 rings (SSSR count). The maximum absolute atomic E-state index is 13.4. The SMILES string of the molecule is COCCCN1C(=O)C2(CC2)NC1c1cccc(F)c1. The Bertz CT molecular complexity index is 516. The van der Waals surface area contributed by atoms with Crippen LogP contribution in [0.3, 0.4) is 0 Å². The Morgan fingerprint density at radius 2 is 2.30 bits per heavy atom. The van der Waals surface area contributed by atoms with Crippen LogP contribution >= 0.6 is 0 Å². The van der Waals surface area contributed by atoms with E-state index < -0.39 is 0 Å². The quantitative estimate of drug-likeness (QED) is 0.835. The third kappa shape index (κ3) is 2.31. The van der Waals surface area contributed by atoms with Gasteiger partial charge in [-0.2, -0.15) is 0 Å². The smallest absolute Gasteiger partial charge is 0.244 e. The van der Waals surface area contributed by atoms with E-state index in [9.17, 15) is 9.18 Å². The lowest BCUT2D eigenvalue weighted by Crippen LogP contribution is -2.33. The van der Waals surface area contributed by atoms with Crippen LogP contribution in [0.4, 0.5) is 4.39 Å². The summed E-state index contributed by atoms with van der Waals surface area (Å²) < 4.78 is 18.5. The number of benzene rings is 1. The molecule has 1 saturated carbocycles. The van der Waals surface area contributed by atoms with E-state index >= 15 is 0 Å². The molecule has 0 radical (unpaired) electrons. The van der Waals surface area contributed by atoms with Crippen LogP contribution in [0.1, 0.15) is 31.0 Å². The van der Waals surface area contributed by atoms with E-state index in [0.29, 0.717) is 13.2 Å². The summed E-state index contributed by atoms with van der Waals surface area (Å²) in [5.41, 5.74) is 0.420. The molecule has 1 saturated heterocycles. The van der Waals surface area contributed by atoms with Gasteiger partial charge in [-0.25, -0.2) is 4.39 Å². The number of rotatable bonds is 5. The average Bonchev–Trinajstić information content (AvgIpc) is 3.16. The summed E-state index contributed by atoms with van der Waals surface area (Å²) >= 11 is 0. The van der Waals surface area contributed by atoms with Gasteiger partial charge in [0.25, 0.3) is 0 Å². The molecule has 1 aromatic carbocycles. The molecular weight excluding hydrogens is 259 g/mol. The second-order valence-electron chi connectivity index (χ2n) is 5.53. The van der Waals surface area contributed by atoms with Crippen molar-refractivity contribution < 1.29 is 13.9 Å². The highest BCUT2D eigenvalue weighted by Gasteiger charge is 2.59. The zero-order chi connectivity index (χ0) is 14.2. The molecule has 2 fully saturated rings. The monoisotopic (exact) mass is 278 g/mol. The minimum absolute atomic E-state index is 0.142. The van der Waals surface area contributed by atoms with Crippen LogP contribution in [0.15, 0.2) is 24.3 Å². The fraction of sp³-hybridized carbons (Fsp3) is 0.533. The molecule has 1 N–H and O–H groups in total. The predicted molar refractivity (Wildman–Crippen MR) is 72.4 cm³/mol. The average molecular weight is 278 g/mol. The van der Waals surface area contributed by atoms with Gasteiger partial charge < -0.3 is 9.64 Å². The highest BCUT2D eigenvalue weighted by atomic mass is 19.1. The van der Waals surface area contributed by atoms with Gasteiger partial charge in [-0.05, 0) is 37.0 Å². The van der Waals surface area contributed by atoms with Gasteiger partial charge in [0.2, 0.25) is 5.91 Å². The lowest BCUT2D eigenvalue weighted by atomic mass is 10.1. The number of carbonyl (C=O) groups is 1.